The highest BCUT2D eigenvalue weighted by Crippen LogP contribution is 2.26. The molecule has 0 bridgehead atoms. The second-order valence-corrected chi connectivity index (χ2v) is 8.85. The fraction of sp³-hybridized carbons (Fsp3) is 0.0909. The van der Waals surface area contributed by atoms with Crippen molar-refractivity contribution < 1.29 is 18.3 Å². The van der Waals surface area contributed by atoms with E-state index in [2.05, 4.69) is 10.5 Å². The van der Waals surface area contributed by atoms with E-state index in [1.54, 1.807) is 61.5 Å². The first-order valence-corrected chi connectivity index (χ1v) is 11.1. The van der Waals surface area contributed by atoms with Gasteiger partial charge in [0.2, 0.25) is 0 Å². The molecule has 1 amide bonds. The van der Waals surface area contributed by atoms with E-state index in [9.17, 15) is 18.3 Å². The van der Waals surface area contributed by atoms with E-state index in [1.807, 2.05) is 0 Å². The van der Waals surface area contributed by atoms with Crippen LogP contribution in [0, 0.1) is 0 Å². The molecule has 3 aromatic carbocycles. The van der Waals surface area contributed by atoms with Gasteiger partial charge in [-0.2, -0.15) is 5.10 Å². The molecule has 0 saturated carbocycles. The van der Waals surface area contributed by atoms with Crippen LogP contribution in [-0.4, -0.2) is 31.7 Å². The van der Waals surface area contributed by atoms with Crippen LogP contribution in [0.1, 0.15) is 12.5 Å². The Morgan fingerprint density at radius 2 is 1.71 bits per heavy atom. The quantitative estimate of drug-likeness (QED) is 0.416. The van der Waals surface area contributed by atoms with Crippen molar-refractivity contribution in [3.05, 3.63) is 89.4 Å². The first-order chi connectivity index (χ1) is 14.8. The number of anilines is 1. The SMILES string of the molecule is CC(=NNC(=O)CN(c1cccc(Cl)c1)S(=O)(=O)c1ccccc1)c1ccccc1O. The van der Waals surface area contributed by atoms with E-state index in [0.29, 0.717) is 16.3 Å². The molecule has 0 radical (unpaired) electrons. The number of hydrogen-bond donors (Lipinski definition) is 2. The smallest absolute Gasteiger partial charge is 0.264 e. The highest BCUT2D eigenvalue weighted by atomic mass is 35.5. The summed E-state index contributed by atoms with van der Waals surface area (Å²) < 4.78 is 27.4. The Morgan fingerprint density at radius 3 is 2.39 bits per heavy atom. The zero-order chi connectivity index (χ0) is 22.4. The molecule has 0 aliphatic heterocycles. The molecule has 0 heterocycles. The minimum Gasteiger partial charge on any atom is -0.507 e. The van der Waals surface area contributed by atoms with Gasteiger partial charge in [-0.1, -0.05) is 48.0 Å². The molecule has 0 spiro atoms. The summed E-state index contributed by atoms with van der Waals surface area (Å²) in [5.41, 5.74) is 3.41. The van der Waals surface area contributed by atoms with Gasteiger partial charge in [-0.05, 0) is 49.4 Å². The fourth-order valence-electron chi connectivity index (χ4n) is 2.82. The summed E-state index contributed by atoms with van der Waals surface area (Å²) in [7, 11) is -4.04. The van der Waals surface area contributed by atoms with Gasteiger partial charge in [0.25, 0.3) is 15.9 Å². The molecule has 2 N–H and O–H groups in total. The second-order valence-electron chi connectivity index (χ2n) is 6.55. The van der Waals surface area contributed by atoms with E-state index in [0.717, 1.165) is 4.31 Å². The monoisotopic (exact) mass is 457 g/mol. The summed E-state index contributed by atoms with van der Waals surface area (Å²) in [4.78, 5) is 12.6. The number of hydrazone groups is 1. The Balaban J connectivity index is 1.88. The average molecular weight is 458 g/mol. The number of amides is 1. The third-order valence-electron chi connectivity index (χ3n) is 4.36. The molecule has 7 nitrogen and oxygen atoms in total. The largest absolute Gasteiger partial charge is 0.507 e. The first kappa shape index (κ1) is 22.3. The van der Waals surface area contributed by atoms with Crippen molar-refractivity contribution in [3.8, 4) is 5.75 Å². The van der Waals surface area contributed by atoms with Gasteiger partial charge >= 0.3 is 0 Å². The average Bonchev–Trinajstić information content (AvgIpc) is 2.76. The third-order valence-corrected chi connectivity index (χ3v) is 6.38. The Kier molecular flexibility index (Phi) is 6.94. The lowest BCUT2D eigenvalue weighted by atomic mass is 10.1. The van der Waals surface area contributed by atoms with Crippen LogP contribution >= 0.6 is 11.6 Å². The third kappa shape index (κ3) is 5.42. The van der Waals surface area contributed by atoms with Crippen LogP contribution in [0.25, 0.3) is 0 Å². The lowest BCUT2D eigenvalue weighted by Crippen LogP contribution is -2.39. The van der Waals surface area contributed by atoms with Gasteiger partial charge in [0.1, 0.15) is 12.3 Å². The molecule has 0 saturated heterocycles. The lowest BCUT2D eigenvalue weighted by Gasteiger charge is -2.24. The molecule has 160 valence electrons. The number of nitrogens with one attached hydrogen (secondary N) is 1. The Bertz CT molecular complexity index is 1210. The lowest BCUT2D eigenvalue weighted by molar-refractivity contribution is -0.119. The number of rotatable bonds is 7. The number of carbonyl (C=O) groups excluding carboxylic acids is 1. The molecular weight excluding hydrogens is 438 g/mol. The molecule has 0 aliphatic rings. The van der Waals surface area contributed by atoms with Crippen LogP contribution in [-0.2, 0) is 14.8 Å². The Morgan fingerprint density at radius 1 is 1.03 bits per heavy atom. The Hall–Kier alpha value is -3.36. The highest BCUT2D eigenvalue weighted by Gasteiger charge is 2.27. The molecule has 0 atom stereocenters. The van der Waals surface area contributed by atoms with Crippen LogP contribution in [0.15, 0.2) is 88.9 Å². The molecular formula is C22H20ClN3O4S. The molecule has 3 rings (SSSR count). The first-order valence-electron chi connectivity index (χ1n) is 9.24. The normalized spacial score (nSPS) is 11.7. The standard InChI is InChI=1S/C22H20ClN3O4S/c1-16(20-12-5-6-13-21(20)27)24-25-22(28)15-26(18-9-7-8-17(23)14-18)31(29,30)19-10-3-2-4-11-19/h2-14,27H,15H2,1H3,(H,25,28). The van der Waals surface area contributed by atoms with E-state index in [1.165, 1.54) is 24.3 Å². The van der Waals surface area contributed by atoms with Crippen LogP contribution in [0.5, 0.6) is 5.75 Å². The molecule has 0 fully saturated rings. The predicted molar refractivity (Wildman–Crippen MR) is 121 cm³/mol. The van der Waals surface area contributed by atoms with Crippen molar-refractivity contribution in [2.75, 3.05) is 10.8 Å². The van der Waals surface area contributed by atoms with Gasteiger partial charge in [-0.25, -0.2) is 13.8 Å². The molecule has 0 unspecified atom stereocenters. The number of carbonyl (C=O) groups is 1. The van der Waals surface area contributed by atoms with Crippen molar-refractivity contribution in [3.63, 3.8) is 0 Å². The molecule has 0 aromatic heterocycles. The number of aromatic hydroxyl groups is 1. The topological polar surface area (TPSA) is 99.1 Å². The van der Waals surface area contributed by atoms with Gasteiger partial charge < -0.3 is 5.11 Å². The maximum Gasteiger partial charge on any atom is 0.264 e. The van der Waals surface area contributed by atoms with Crippen molar-refractivity contribution in [2.24, 2.45) is 5.10 Å². The highest BCUT2D eigenvalue weighted by molar-refractivity contribution is 7.92. The zero-order valence-electron chi connectivity index (χ0n) is 16.6. The molecule has 3 aromatic rings. The minimum absolute atomic E-state index is 0.0187. The van der Waals surface area contributed by atoms with Crippen LogP contribution in [0.2, 0.25) is 5.02 Å². The summed E-state index contributed by atoms with van der Waals surface area (Å²) in [5.74, 6) is -0.639. The maximum absolute atomic E-state index is 13.2. The minimum atomic E-state index is -4.04. The van der Waals surface area contributed by atoms with Crippen molar-refractivity contribution in [1.82, 2.24) is 5.43 Å². The summed E-state index contributed by atoms with van der Waals surface area (Å²) in [6, 6.07) is 20.6. The van der Waals surface area contributed by atoms with E-state index in [4.69, 9.17) is 11.6 Å². The number of sulfonamides is 1. The number of benzene rings is 3. The zero-order valence-corrected chi connectivity index (χ0v) is 18.1. The van der Waals surface area contributed by atoms with Crippen LogP contribution < -0.4 is 9.73 Å². The van der Waals surface area contributed by atoms with Gasteiger partial charge in [0, 0.05) is 10.6 Å². The molecule has 9 heteroatoms. The number of para-hydroxylation sites is 1. The van der Waals surface area contributed by atoms with Gasteiger partial charge in [0.15, 0.2) is 0 Å². The number of phenols is 1. The maximum atomic E-state index is 13.2. The molecule has 31 heavy (non-hydrogen) atoms. The number of nitrogens with zero attached hydrogens (tertiary/aromatic N) is 2. The van der Waals surface area contributed by atoms with Crippen molar-refractivity contribution in [1.29, 1.82) is 0 Å². The van der Waals surface area contributed by atoms with Crippen molar-refractivity contribution in [2.45, 2.75) is 11.8 Å². The fourth-order valence-corrected chi connectivity index (χ4v) is 4.44. The second kappa shape index (κ2) is 9.63. The van der Waals surface area contributed by atoms with E-state index >= 15 is 0 Å². The Labute approximate surface area is 185 Å². The van der Waals surface area contributed by atoms with Crippen LogP contribution in [0.4, 0.5) is 5.69 Å². The van der Waals surface area contributed by atoms with E-state index in [-0.39, 0.29) is 16.3 Å². The summed E-state index contributed by atoms with van der Waals surface area (Å²) in [6.07, 6.45) is 0. The van der Waals surface area contributed by atoms with E-state index < -0.39 is 22.5 Å². The van der Waals surface area contributed by atoms with Gasteiger partial charge in [-0.3, -0.25) is 9.10 Å². The van der Waals surface area contributed by atoms with Gasteiger partial charge in [0.05, 0.1) is 16.3 Å². The van der Waals surface area contributed by atoms with Crippen molar-refractivity contribution >= 4 is 38.9 Å². The number of halogens is 1. The van der Waals surface area contributed by atoms with Gasteiger partial charge in [-0.15, -0.1) is 0 Å². The van der Waals surface area contributed by atoms with Crippen LogP contribution in [0.3, 0.4) is 0 Å². The predicted octanol–water partition coefficient (Wildman–Crippen LogP) is 3.78. The summed E-state index contributed by atoms with van der Waals surface area (Å²) in [6.45, 7) is 1.10. The number of phenolic OH excluding ortho intramolecular Hbond substituents is 1. The number of hydrogen-bond acceptors (Lipinski definition) is 5. The molecule has 0 aliphatic carbocycles. The summed E-state index contributed by atoms with van der Waals surface area (Å²) in [5, 5.41) is 14.2. The summed E-state index contributed by atoms with van der Waals surface area (Å²) >= 11 is 6.04.